The topological polar surface area (TPSA) is 58.9 Å². The van der Waals surface area contributed by atoms with Gasteiger partial charge in [-0.25, -0.2) is 0 Å². The highest BCUT2D eigenvalue weighted by Gasteiger charge is 2.51. The van der Waals surface area contributed by atoms with Crippen LogP contribution >= 0.6 is 0 Å². The van der Waals surface area contributed by atoms with Crippen LogP contribution in [-0.2, 0) is 9.47 Å². The van der Waals surface area contributed by atoms with Crippen LogP contribution in [-0.4, -0.2) is 41.9 Å². The predicted molar refractivity (Wildman–Crippen MR) is 47.1 cm³/mol. The van der Waals surface area contributed by atoms with Crippen LogP contribution in [0.25, 0.3) is 0 Å². The summed E-state index contributed by atoms with van der Waals surface area (Å²) in [6.45, 7) is 5.31. The van der Waals surface area contributed by atoms with Gasteiger partial charge in [0.15, 0.2) is 6.29 Å². The molecule has 0 amide bonds. The molecule has 4 nitrogen and oxygen atoms in total. The Labute approximate surface area is 78.5 Å². The van der Waals surface area contributed by atoms with Gasteiger partial charge in [-0.3, -0.25) is 0 Å². The van der Waals surface area contributed by atoms with Crippen molar-refractivity contribution < 1.29 is 19.7 Å². The lowest BCUT2D eigenvalue weighted by Crippen LogP contribution is -2.39. The number of rotatable bonds is 2. The Bertz CT molecular complexity index is 178. The second-order valence-electron chi connectivity index (χ2n) is 4.18. The number of aliphatic hydroxyl groups excluding tert-OH is 2. The smallest absolute Gasteiger partial charge is 0.165 e. The Morgan fingerprint density at radius 1 is 1.46 bits per heavy atom. The molecule has 0 aromatic rings. The summed E-state index contributed by atoms with van der Waals surface area (Å²) in [6, 6.07) is 0. The molecule has 0 aromatic carbocycles. The Balaban J connectivity index is 2.78. The first-order valence-corrected chi connectivity index (χ1v) is 4.45. The molecular formula is C9H18O4. The maximum absolute atomic E-state index is 9.82. The van der Waals surface area contributed by atoms with Crippen molar-refractivity contribution in [1.82, 2.24) is 0 Å². The van der Waals surface area contributed by atoms with E-state index in [2.05, 4.69) is 0 Å². The molecule has 1 rings (SSSR count). The monoisotopic (exact) mass is 190 g/mol. The normalized spacial score (nSPS) is 40.6. The minimum atomic E-state index is -0.697. The lowest BCUT2D eigenvalue weighted by atomic mass is 9.84. The molecule has 1 saturated heterocycles. The lowest BCUT2D eigenvalue weighted by Gasteiger charge is -2.26. The van der Waals surface area contributed by atoms with E-state index in [4.69, 9.17) is 9.47 Å². The average molecular weight is 190 g/mol. The van der Waals surface area contributed by atoms with E-state index in [1.54, 1.807) is 6.92 Å². The third-order valence-electron chi connectivity index (χ3n) is 2.65. The molecule has 1 aliphatic rings. The number of ether oxygens (including phenoxy) is 2. The number of aliphatic hydroxyl groups is 2. The number of hydrogen-bond donors (Lipinski definition) is 2. The summed E-state index contributed by atoms with van der Waals surface area (Å²) in [4.78, 5) is 0. The Kier molecular flexibility index (Phi) is 2.97. The van der Waals surface area contributed by atoms with Gasteiger partial charge in [-0.05, 0) is 6.92 Å². The summed E-state index contributed by atoms with van der Waals surface area (Å²) in [5.41, 5.74) is -0.476. The number of methoxy groups -OCH3 is 1. The van der Waals surface area contributed by atoms with Crippen LogP contribution in [0.3, 0.4) is 0 Å². The van der Waals surface area contributed by atoms with Gasteiger partial charge in [-0.2, -0.15) is 0 Å². The van der Waals surface area contributed by atoms with Crippen molar-refractivity contribution in [3.05, 3.63) is 0 Å². The van der Waals surface area contributed by atoms with Crippen LogP contribution in [0.15, 0.2) is 0 Å². The molecule has 2 N–H and O–H groups in total. The van der Waals surface area contributed by atoms with E-state index < -0.39 is 30.0 Å². The lowest BCUT2D eigenvalue weighted by molar-refractivity contribution is -0.163. The first-order valence-electron chi connectivity index (χ1n) is 4.45. The molecule has 0 aromatic heterocycles. The second kappa shape index (κ2) is 3.53. The molecule has 0 bridgehead atoms. The predicted octanol–water partition coefficient (Wildman–Crippen LogP) is 0.126. The minimum absolute atomic E-state index is 0.456. The zero-order valence-electron chi connectivity index (χ0n) is 8.52. The molecule has 0 saturated carbocycles. The zero-order chi connectivity index (χ0) is 10.2. The first-order chi connectivity index (χ1) is 5.91. The third-order valence-corrected chi connectivity index (χ3v) is 2.65. The van der Waals surface area contributed by atoms with Gasteiger partial charge in [0, 0.05) is 12.5 Å². The van der Waals surface area contributed by atoms with E-state index in [1.165, 1.54) is 7.11 Å². The molecule has 0 spiro atoms. The van der Waals surface area contributed by atoms with Gasteiger partial charge in [-0.1, -0.05) is 13.8 Å². The number of hydrogen-bond acceptors (Lipinski definition) is 4. The Morgan fingerprint density at radius 3 is 2.23 bits per heavy atom. The van der Waals surface area contributed by atoms with Gasteiger partial charge in [0.05, 0.1) is 12.2 Å². The van der Waals surface area contributed by atoms with E-state index in [1.807, 2.05) is 13.8 Å². The van der Waals surface area contributed by atoms with Gasteiger partial charge < -0.3 is 19.7 Å². The summed E-state index contributed by atoms with van der Waals surface area (Å²) < 4.78 is 10.5. The van der Waals surface area contributed by atoms with Gasteiger partial charge in [0.25, 0.3) is 0 Å². The summed E-state index contributed by atoms with van der Waals surface area (Å²) in [7, 11) is 1.53. The Morgan fingerprint density at radius 2 is 2.00 bits per heavy atom. The van der Waals surface area contributed by atoms with E-state index in [0.717, 1.165) is 0 Å². The maximum atomic E-state index is 9.82. The van der Waals surface area contributed by atoms with E-state index in [9.17, 15) is 10.2 Å². The fourth-order valence-electron chi connectivity index (χ4n) is 1.69. The molecular weight excluding hydrogens is 172 g/mol. The van der Waals surface area contributed by atoms with Crippen LogP contribution < -0.4 is 0 Å². The Hall–Kier alpha value is -0.160. The molecule has 4 atom stereocenters. The van der Waals surface area contributed by atoms with E-state index in [-0.39, 0.29) is 0 Å². The molecule has 13 heavy (non-hydrogen) atoms. The van der Waals surface area contributed by atoms with Crippen LogP contribution in [0.5, 0.6) is 0 Å². The molecule has 1 aliphatic heterocycles. The molecule has 4 heteroatoms. The first kappa shape index (κ1) is 10.9. The molecule has 0 radical (unpaired) electrons. The minimum Gasteiger partial charge on any atom is -0.391 e. The van der Waals surface area contributed by atoms with Crippen LogP contribution in [0.4, 0.5) is 0 Å². The van der Waals surface area contributed by atoms with Crippen molar-refractivity contribution >= 4 is 0 Å². The molecule has 78 valence electrons. The van der Waals surface area contributed by atoms with E-state index >= 15 is 0 Å². The highest BCUT2D eigenvalue weighted by molar-refractivity contribution is 4.95. The van der Waals surface area contributed by atoms with Crippen molar-refractivity contribution in [1.29, 1.82) is 0 Å². The summed E-state index contributed by atoms with van der Waals surface area (Å²) in [5, 5.41) is 19.2. The SMILES string of the molecule is COC1OC(C(C)O)C(O)C1(C)C. The van der Waals surface area contributed by atoms with Crippen molar-refractivity contribution in [2.45, 2.75) is 45.4 Å². The summed E-state index contributed by atoms with van der Waals surface area (Å²) >= 11 is 0. The van der Waals surface area contributed by atoms with Crippen LogP contribution in [0.2, 0.25) is 0 Å². The molecule has 0 aliphatic carbocycles. The third kappa shape index (κ3) is 1.72. The van der Waals surface area contributed by atoms with Crippen molar-refractivity contribution in [3.8, 4) is 0 Å². The molecule has 1 heterocycles. The standard InChI is InChI=1S/C9H18O4/c1-5(10)6-7(11)9(2,3)8(12-4)13-6/h5-8,10-11H,1-4H3. The van der Waals surface area contributed by atoms with Gasteiger partial charge in [0.1, 0.15) is 6.10 Å². The quantitative estimate of drug-likeness (QED) is 0.649. The van der Waals surface area contributed by atoms with Crippen LogP contribution in [0, 0.1) is 5.41 Å². The van der Waals surface area contributed by atoms with Crippen molar-refractivity contribution in [2.24, 2.45) is 5.41 Å². The van der Waals surface area contributed by atoms with Crippen molar-refractivity contribution in [3.63, 3.8) is 0 Å². The second-order valence-corrected chi connectivity index (χ2v) is 4.18. The fourth-order valence-corrected chi connectivity index (χ4v) is 1.69. The molecule has 1 fully saturated rings. The van der Waals surface area contributed by atoms with Gasteiger partial charge in [0.2, 0.25) is 0 Å². The van der Waals surface area contributed by atoms with E-state index in [0.29, 0.717) is 0 Å². The zero-order valence-corrected chi connectivity index (χ0v) is 8.52. The highest BCUT2D eigenvalue weighted by atomic mass is 16.7. The van der Waals surface area contributed by atoms with Gasteiger partial charge in [-0.15, -0.1) is 0 Å². The largest absolute Gasteiger partial charge is 0.391 e. The summed E-state index contributed by atoms with van der Waals surface area (Å²) in [5.74, 6) is 0. The maximum Gasteiger partial charge on any atom is 0.165 e. The fraction of sp³-hybridized carbons (Fsp3) is 1.00. The summed E-state index contributed by atoms with van der Waals surface area (Å²) in [6.07, 6.45) is -2.39. The van der Waals surface area contributed by atoms with Crippen molar-refractivity contribution in [2.75, 3.05) is 7.11 Å². The average Bonchev–Trinajstić information content (AvgIpc) is 2.25. The van der Waals surface area contributed by atoms with Crippen LogP contribution in [0.1, 0.15) is 20.8 Å². The molecule has 4 unspecified atom stereocenters. The highest BCUT2D eigenvalue weighted by Crippen LogP contribution is 2.39. The van der Waals surface area contributed by atoms with Gasteiger partial charge >= 0.3 is 0 Å².